The number of likely N-dealkylation sites (tertiary alicyclic amines) is 1. The summed E-state index contributed by atoms with van der Waals surface area (Å²) in [4.78, 5) is 30.0. The van der Waals surface area contributed by atoms with Crippen molar-refractivity contribution < 1.29 is 9.59 Å². The first kappa shape index (κ1) is 12.3. The van der Waals surface area contributed by atoms with Crippen molar-refractivity contribution in [1.82, 2.24) is 15.2 Å². The van der Waals surface area contributed by atoms with Crippen LogP contribution in [0.4, 0.5) is 0 Å². The Balaban J connectivity index is 1.75. The highest BCUT2D eigenvalue weighted by molar-refractivity contribution is 5.99. The second-order valence-corrected chi connectivity index (χ2v) is 5.20. The molecule has 0 bridgehead atoms. The van der Waals surface area contributed by atoms with Crippen LogP contribution in [0.5, 0.6) is 0 Å². The average Bonchev–Trinajstić information content (AvgIpc) is 2.93. The van der Waals surface area contributed by atoms with Crippen molar-refractivity contribution in [1.29, 1.82) is 0 Å². The molecule has 2 fully saturated rings. The number of carbonyl (C=O) groups is 2. The molecule has 19 heavy (non-hydrogen) atoms. The van der Waals surface area contributed by atoms with Gasteiger partial charge in [-0.05, 0) is 24.6 Å². The molecule has 3 heterocycles. The minimum Gasteiger partial charge on any atom is -0.315 e. The third kappa shape index (κ3) is 2.38. The summed E-state index contributed by atoms with van der Waals surface area (Å²) in [5.74, 6) is -0.100. The second kappa shape index (κ2) is 5.09. The maximum absolute atomic E-state index is 12.2. The maximum atomic E-state index is 12.2. The summed E-state index contributed by atoms with van der Waals surface area (Å²) in [6.45, 7) is 1.61. The lowest BCUT2D eigenvalue weighted by atomic mass is 9.89. The Morgan fingerprint density at radius 2 is 2.05 bits per heavy atom. The van der Waals surface area contributed by atoms with Gasteiger partial charge in [0.1, 0.15) is 0 Å². The molecule has 0 saturated carbocycles. The van der Waals surface area contributed by atoms with Crippen LogP contribution in [0.3, 0.4) is 0 Å². The topological polar surface area (TPSA) is 62.3 Å². The lowest BCUT2D eigenvalue weighted by Crippen LogP contribution is -2.49. The zero-order valence-electron chi connectivity index (χ0n) is 10.7. The Morgan fingerprint density at radius 3 is 2.63 bits per heavy atom. The van der Waals surface area contributed by atoms with E-state index in [1.807, 2.05) is 12.1 Å². The number of imide groups is 1. The number of hydrogen-bond acceptors (Lipinski definition) is 4. The molecule has 2 amide bonds. The summed E-state index contributed by atoms with van der Waals surface area (Å²) in [7, 11) is 0. The fourth-order valence-corrected chi connectivity index (χ4v) is 2.95. The molecular formula is C14H17N3O2. The largest absolute Gasteiger partial charge is 0.315 e. The molecule has 2 aliphatic rings. The van der Waals surface area contributed by atoms with Gasteiger partial charge in [0.05, 0.1) is 6.04 Å². The standard InChI is InChI=1S/C14H17N3O2/c18-13-6-11(10-2-1-4-15-8-10)7-14(19)17(13)12-3-5-16-9-12/h1-2,4,8,11-12,16H,3,5-7,9H2. The van der Waals surface area contributed by atoms with E-state index in [-0.39, 0.29) is 23.8 Å². The zero-order chi connectivity index (χ0) is 13.2. The van der Waals surface area contributed by atoms with Gasteiger partial charge in [0.2, 0.25) is 11.8 Å². The number of rotatable bonds is 2. The third-order valence-corrected chi connectivity index (χ3v) is 3.93. The Hall–Kier alpha value is -1.75. The molecule has 0 aromatic carbocycles. The molecule has 1 aromatic rings. The number of aromatic nitrogens is 1. The van der Waals surface area contributed by atoms with Crippen LogP contribution in [-0.2, 0) is 9.59 Å². The quantitative estimate of drug-likeness (QED) is 0.793. The predicted molar refractivity (Wildman–Crippen MR) is 69.3 cm³/mol. The minimum atomic E-state index is -0.0428. The van der Waals surface area contributed by atoms with Crippen LogP contribution in [0.2, 0.25) is 0 Å². The molecule has 0 aliphatic carbocycles. The molecule has 3 rings (SSSR count). The molecule has 1 unspecified atom stereocenters. The molecule has 1 N–H and O–H groups in total. The lowest BCUT2D eigenvalue weighted by molar-refractivity contribution is -0.151. The summed E-state index contributed by atoms with van der Waals surface area (Å²) < 4.78 is 0. The van der Waals surface area contributed by atoms with Crippen molar-refractivity contribution in [2.24, 2.45) is 0 Å². The van der Waals surface area contributed by atoms with E-state index in [2.05, 4.69) is 10.3 Å². The molecule has 2 aliphatic heterocycles. The van der Waals surface area contributed by atoms with Gasteiger partial charge in [-0.1, -0.05) is 6.07 Å². The summed E-state index contributed by atoms with van der Waals surface area (Å²) in [5, 5.41) is 3.20. The fraction of sp³-hybridized carbons (Fsp3) is 0.500. The molecule has 100 valence electrons. The molecule has 0 radical (unpaired) electrons. The van der Waals surface area contributed by atoms with E-state index in [0.717, 1.165) is 25.1 Å². The number of piperidine rings is 1. The van der Waals surface area contributed by atoms with Crippen molar-refractivity contribution >= 4 is 11.8 Å². The van der Waals surface area contributed by atoms with Crippen molar-refractivity contribution in [3.05, 3.63) is 30.1 Å². The van der Waals surface area contributed by atoms with Crippen LogP contribution in [0.15, 0.2) is 24.5 Å². The number of amides is 2. The summed E-state index contributed by atoms with van der Waals surface area (Å²) in [6.07, 6.45) is 5.14. The number of nitrogens with zero attached hydrogens (tertiary/aromatic N) is 2. The van der Waals surface area contributed by atoms with Gasteiger partial charge < -0.3 is 5.32 Å². The zero-order valence-corrected chi connectivity index (χ0v) is 10.7. The van der Waals surface area contributed by atoms with Gasteiger partial charge in [-0.2, -0.15) is 0 Å². The van der Waals surface area contributed by atoms with Gasteiger partial charge in [0.25, 0.3) is 0 Å². The highest BCUT2D eigenvalue weighted by atomic mass is 16.2. The van der Waals surface area contributed by atoms with Gasteiger partial charge in [0, 0.05) is 37.7 Å². The van der Waals surface area contributed by atoms with E-state index < -0.39 is 0 Å². The number of pyridine rings is 1. The van der Waals surface area contributed by atoms with E-state index in [1.165, 1.54) is 4.90 Å². The number of carbonyl (C=O) groups excluding carboxylic acids is 2. The van der Waals surface area contributed by atoms with E-state index in [0.29, 0.717) is 12.8 Å². The van der Waals surface area contributed by atoms with Crippen molar-refractivity contribution in [3.63, 3.8) is 0 Å². The molecule has 5 nitrogen and oxygen atoms in total. The van der Waals surface area contributed by atoms with Crippen LogP contribution >= 0.6 is 0 Å². The maximum Gasteiger partial charge on any atom is 0.230 e. The van der Waals surface area contributed by atoms with E-state index in [4.69, 9.17) is 0 Å². The number of nitrogens with one attached hydrogen (secondary N) is 1. The smallest absolute Gasteiger partial charge is 0.230 e. The predicted octanol–water partition coefficient (Wildman–Crippen LogP) is 0.676. The molecule has 1 atom stereocenters. The van der Waals surface area contributed by atoms with Gasteiger partial charge in [-0.3, -0.25) is 19.5 Å². The van der Waals surface area contributed by atoms with Crippen LogP contribution < -0.4 is 5.32 Å². The van der Waals surface area contributed by atoms with Crippen LogP contribution in [0, 0.1) is 0 Å². The Bertz CT molecular complexity index is 465. The normalized spacial score (nSPS) is 25.1. The Morgan fingerprint density at radius 1 is 1.26 bits per heavy atom. The SMILES string of the molecule is O=C1CC(c2cccnc2)CC(=O)N1C1CCNC1. The highest BCUT2D eigenvalue weighted by Gasteiger charge is 2.38. The molecular weight excluding hydrogens is 242 g/mol. The van der Waals surface area contributed by atoms with Crippen LogP contribution in [-0.4, -0.2) is 40.8 Å². The van der Waals surface area contributed by atoms with Crippen molar-refractivity contribution in [3.8, 4) is 0 Å². The summed E-state index contributed by atoms with van der Waals surface area (Å²) in [5.41, 5.74) is 0.980. The van der Waals surface area contributed by atoms with Gasteiger partial charge in [-0.25, -0.2) is 0 Å². The molecule has 1 aromatic heterocycles. The van der Waals surface area contributed by atoms with E-state index >= 15 is 0 Å². The van der Waals surface area contributed by atoms with Crippen LogP contribution in [0.25, 0.3) is 0 Å². The van der Waals surface area contributed by atoms with E-state index in [1.54, 1.807) is 12.4 Å². The monoisotopic (exact) mass is 259 g/mol. The number of hydrogen-bond donors (Lipinski definition) is 1. The minimum absolute atomic E-state index is 0.0145. The van der Waals surface area contributed by atoms with Crippen molar-refractivity contribution in [2.75, 3.05) is 13.1 Å². The van der Waals surface area contributed by atoms with E-state index in [9.17, 15) is 9.59 Å². The molecule has 2 saturated heterocycles. The van der Waals surface area contributed by atoms with Crippen LogP contribution in [0.1, 0.15) is 30.7 Å². The first-order chi connectivity index (χ1) is 9.25. The third-order valence-electron chi connectivity index (χ3n) is 3.93. The first-order valence-electron chi connectivity index (χ1n) is 6.71. The van der Waals surface area contributed by atoms with Gasteiger partial charge in [-0.15, -0.1) is 0 Å². The molecule has 5 heteroatoms. The summed E-state index contributed by atoms with van der Waals surface area (Å²) >= 11 is 0. The highest BCUT2D eigenvalue weighted by Crippen LogP contribution is 2.30. The molecule has 0 spiro atoms. The second-order valence-electron chi connectivity index (χ2n) is 5.20. The van der Waals surface area contributed by atoms with Gasteiger partial charge >= 0.3 is 0 Å². The average molecular weight is 259 g/mol. The fourth-order valence-electron chi connectivity index (χ4n) is 2.95. The Labute approximate surface area is 112 Å². The summed E-state index contributed by atoms with van der Waals surface area (Å²) in [6, 6.07) is 3.83. The van der Waals surface area contributed by atoms with Gasteiger partial charge in [0.15, 0.2) is 0 Å². The lowest BCUT2D eigenvalue weighted by Gasteiger charge is -2.33. The Kier molecular flexibility index (Phi) is 3.29. The first-order valence-corrected chi connectivity index (χ1v) is 6.71. The van der Waals surface area contributed by atoms with Crippen molar-refractivity contribution in [2.45, 2.75) is 31.2 Å².